The summed E-state index contributed by atoms with van der Waals surface area (Å²) in [5.41, 5.74) is 6.97. The van der Waals surface area contributed by atoms with E-state index in [1.165, 1.54) is 0 Å². The molecule has 1 aromatic carbocycles. The van der Waals surface area contributed by atoms with Crippen molar-refractivity contribution < 1.29 is 14.3 Å². The zero-order chi connectivity index (χ0) is 14.1. The van der Waals surface area contributed by atoms with Crippen molar-refractivity contribution in [3.63, 3.8) is 0 Å². The Hall–Kier alpha value is -1.26. The number of methoxy groups -OCH3 is 1. The van der Waals surface area contributed by atoms with Gasteiger partial charge in [-0.2, -0.15) is 0 Å². The zero-order valence-corrected chi connectivity index (χ0v) is 12.9. The van der Waals surface area contributed by atoms with Crippen molar-refractivity contribution in [3.05, 3.63) is 29.8 Å². The lowest BCUT2D eigenvalue weighted by molar-refractivity contribution is -0.143. The highest BCUT2D eigenvalue weighted by molar-refractivity contribution is 5.85. The van der Waals surface area contributed by atoms with E-state index in [4.69, 9.17) is 15.2 Å². The maximum absolute atomic E-state index is 11.3. The van der Waals surface area contributed by atoms with Crippen LogP contribution in [-0.2, 0) is 9.53 Å². The molecular weight excluding hydrogens is 278 g/mol. The summed E-state index contributed by atoms with van der Waals surface area (Å²) >= 11 is 0. The third-order valence-electron chi connectivity index (χ3n) is 3.09. The van der Waals surface area contributed by atoms with Gasteiger partial charge >= 0.3 is 5.97 Å². The Labute approximate surface area is 127 Å². The molecule has 0 bridgehead atoms. The van der Waals surface area contributed by atoms with Crippen molar-refractivity contribution in [3.8, 4) is 5.75 Å². The summed E-state index contributed by atoms with van der Waals surface area (Å²) in [6, 6.07) is 7.92. The molecule has 1 atom stereocenters. The minimum absolute atomic E-state index is 0. The second-order valence-corrected chi connectivity index (χ2v) is 4.41. The molecule has 1 rings (SSSR count). The predicted octanol–water partition coefficient (Wildman–Crippen LogP) is 2.89. The molecule has 1 aromatic rings. The minimum atomic E-state index is -0.135. The second kappa shape index (κ2) is 10.5. The molecule has 20 heavy (non-hydrogen) atoms. The molecule has 0 aromatic heterocycles. The maximum Gasteiger partial charge on any atom is 0.305 e. The van der Waals surface area contributed by atoms with Gasteiger partial charge in [0.1, 0.15) is 5.75 Å². The van der Waals surface area contributed by atoms with Crippen LogP contribution in [0.5, 0.6) is 5.75 Å². The summed E-state index contributed by atoms with van der Waals surface area (Å²) < 4.78 is 10.1. The lowest BCUT2D eigenvalue weighted by Crippen LogP contribution is -2.13. The highest BCUT2D eigenvalue weighted by Gasteiger charge is 2.11. The standard InChI is InChI=1S/C15H23NO3.ClH/c1-3-19-15(17)9-5-7-13(11-16)12-6-4-8-14(10-12)18-2;/h4,6,8,10,13H,3,5,7,9,11,16H2,1-2H3;1H. The van der Waals surface area contributed by atoms with Gasteiger partial charge < -0.3 is 15.2 Å². The van der Waals surface area contributed by atoms with Gasteiger partial charge in [0.05, 0.1) is 13.7 Å². The average Bonchev–Trinajstić information content (AvgIpc) is 2.44. The molecule has 0 saturated heterocycles. The smallest absolute Gasteiger partial charge is 0.305 e. The minimum Gasteiger partial charge on any atom is -0.497 e. The number of nitrogens with two attached hydrogens (primary N) is 1. The summed E-state index contributed by atoms with van der Waals surface area (Å²) in [6.45, 7) is 2.82. The molecule has 5 heteroatoms. The first kappa shape index (κ1) is 18.7. The molecule has 4 nitrogen and oxygen atoms in total. The fourth-order valence-corrected chi connectivity index (χ4v) is 2.04. The fourth-order valence-electron chi connectivity index (χ4n) is 2.04. The van der Waals surface area contributed by atoms with Gasteiger partial charge in [-0.3, -0.25) is 4.79 Å². The summed E-state index contributed by atoms with van der Waals surface area (Å²) in [4.78, 5) is 11.3. The highest BCUT2D eigenvalue weighted by Crippen LogP contribution is 2.24. The quantitative estimate of drug-likeness (QED) is 0.750. The molecule has 1 unspecified atom stereocenters. The van der Waals surface area contributed by atoms with Crippen molar-refractivity contribution >= 4 is 18.4 Å². The van der Waals surface area contributed by atoms with Gasteiger partial charge in [-0.1, -0.05) is 12.1 Å². The average molecular weight is 302 g/mol. The Morgan fingerprint density at radius 3 is 2.75 bits per heavy atom. The first-order valence-corrected chi connectivity index (χ1v) is 6.70. The Morgan fingerprint density at radius 2 is 2.15 bits per heavy atom. The number of halogens is 1. The number of carbonyl (C=O) groups is 1. The number of rotatable bonds is 8. The van der Waals surface area contributed by atoms with Crippen molar-refractivity contribution in [2.45, 2.75) is 32.1 Å². The molecule has 0 radical (unpaired) electrons. The normalized spacial score (nSPS) is 11.3. The zero-order valence-electron chi connectivity index (χ0n) is 12.1. The van der Waals surface area contributed by atoms with E-state index in [0.717, 1.165) is 24.2 Å². The monoisotopic (exact) mass is 301 g/mol. The largest absolute Gasteiger partial charge is 0.497 e. The third kappa shape index (κ3) is 6.26. The molecule has 0 aliphatic carbocycles. The van der Waals surface area contributed by atoms with Gasteiger partial charge in [-0.15, -0.1) is 12.4 Å². The van der Waals surface area contributed by atoms with Crippen molar-refractivity contribution in [1.82, 2.24) is 0 Å². The Kier molecular flexibility index (Phi) is 9.86. The molecule has 0 spiro atoms. The molecule has 0 fully saturated rings. The van der Waals surface area contributed by atoms with Gasteiger partial charge in [0.2, 0.25) is 0 Å². The summed E-state index contributed by atoms with van der Waals surface area (Å²) in [7, 11) is 1.65. The van der Waals surface area contributed by atoms with E-state index in [1.807, 2.05) is 31.2 Å². The highest BCUT2D eigenvalue weighted by atomic mass is 35.5. The molecule has 0 aliphatic heterocycles. The van der Waals surface area contributed by atoms with E-state index >= 15 is 0 Å². The molecule has 114 valence electrons. The predicted molar refractivity (Wildman–Crippen MR) is 82.5 cm³/mol. The summed E-state index contributed by atoms with van der Waals surface area (Å²) in [6.07, 6.45) is 2.12. The van der Waals surface area contributed by atoms with Crippen LogP contribution in [-0.4, -0.2) is 26.2 Å². The molecular formula is C15H24ClNO3. The van der Waals surface area contributed by atoms with Crippen molar-refractivity contribution in [2.75, 3.05) is 20.3 Å². The summed E-state index contributed by atoms with van der Waals surface area (Å²) in [5.74, 6) is 0.954. The van der Waals surface area contributed by atoms with Crippen LogP contribution >= 0.6 is 12.4 Å². The topological polar surface area (TPSA) is 61.5 Å². The number of carbonyl (C=O) groups excluding carboxylic acids is 1. The SMILES string of the molecule is CCOC(=O)CCCC(CN)c1cccc(OC)c1.Cl. The first-order chi connectivity index (χ1) is 9.21. The Balaban J connectivity index is 0.00000361. The Morgan fingerprint density at radius 1 is 1.40 bits per heavy atom. The lowest BCUT2D eigenvalue weighted by Gasteiger charge is -2.15. The van der Waals surface area contributed by atoms with Crippen LogP contribution in [0.25, 0.3) is 0 Å². The van der Waals surface area contributed by atoms with Crippen LogP contribution in [0, 0.1) is 0 Å². The van der Waals surface area contributed by atoms with Crippen LogP contribution in [0.2, 0.25) is 0 Å². The molecule has 0 heterocycles. The van der Waals surface area contributed by atoms with E-state index in [1.54, 1.807) is 7.11 Å². The van der Waals surface area contributed by atoms with E-state index in [2.05, 4.69) is 0 Å². The Bertz CT molecular complexity index is 398. The number of ether oxygens (including phenoxy) is 2. The third-order valence-corrected chi connectivity index (χ3v) is 3.09. The number of esters is 1. The lowest BCUT2D eigenvalue weighted by atomic mass is 9.93. The van der Waals surface area contributed by atoms with Gasteiger partial charge in [0.25, 0.3) is 0 Å². The molecule has 0 aliphatic rings. The van der Waals surface area contributed by atoms with Crippen molar-refractivity contribution in [1.29, 1.82) is 0 Å². The number of hydrogen-bond acceptors (Lipinski definition) is 4. The van der Waals surface area contributed by atoms with Gasteiger partial charge in [-0.05, 0) is 49.9 Å². The fraction of sp³-hybridized carbons (Fsp3) is 0.533. The maximum atomic E-state index is 11.3. The van der Waals surface area contributed by atoms with E-state index in [0.29, 0.717) is 19.6 Å². The van der Waals surface area contributed by atoms with Gasteiger partial charge in [0.15, 0.2) is 0 Å². The summed E-state index contributed by atoms with van der Waals surface area (Å²) in [5, 5.41) is 0. The van der Waals surface area contributed by atoms with E-state index in [9.17, 15) is 4.79 Å². The van der Waals surface area contributed by atoms with Crippen LogP contribution in [0.15, 0.2) is 24.3 Å². The van der Waals surface area contributed by atoms with Crippen LogP contribution in [0.3, 0.4) is 0 Å². The van der Waals surface area contributed by atoms with E-state index in [-0.39, 0.29) is 24.3 Å². The van der Waals surface area contributed by atoms with Gasteiger partial charge in [-0.25, -0.2) is 0 Å². The van der Waals surface area contributed by atoms with Crippen LogP contribution in [0.4, 0.5) is 0 Å². The molecule has 0 amide bonds. The van der Waals surface area contributed by atoms with Gasteiger partial charge in [0, 0.05) is 6.42 Å². The molecule has 2 N–H and O–H groups in total. The molecule has 0 saturated carbocycles. The number of hydrogen-bond donors (Lipinski definition) is 1. The first-order valence-electron chi connectivity index (χ1n) is 6.70. The van der Waals surface area contributed by atoms with Crippen molar-refractivity contribution in [2.24, 2.45) is 5.73 Å². The van der Waals surface area contributed by atoms with Crippen LogP contribution in [0.1, 0.15) is 37.7 Å². The number of benzene rings is 1. The second-order valence-electron chi connectivity index (χ2n) is 4.41. The van der Waals surface area contributed by atoms with Crippen LogP contribution < -0.4 is 10.5 Å². The van der Waals surface area contributed by atoms with E-state index < -0.39 is 0 Å².